The van der Waals surface area contributed by atoms with E-state index in [-0.39, 0.29) is 23.0 Å². The maximum absolute atomic E-state index is 11.9. The van der Waals surface area contributed by atoms with E-state index in [0.29, 0.717) is 16.2 Å². The van der Waals surface area contributed by atoms with Gasteiger partial charge < -0.3 is 35.4 Å². The second kappa shape index (κ2) is 12.9. The summed E-state index contributed by atoms with van der Waals surface area (Å²) in [6.07, 6.45) is -4.73. The Kier molecular flexibility index (Phi) is 11.2. The van der Waals surface area contributed by atoms with Crippen molar-refractivity contribution < 1.29 is 76.0 Å². The molecule has 4 N–H and O–H groups in total. The predicted molar refractivity (Wildman–Crippen MR) is 106 cm³/mol. The molecule has 0 saturated carbocycles. The van der Waals surface area contributed by atoms with Gasteiger partial charge >= 0.3 is 18.3 Å². The Morgan fingerprint density at radius 2 is 1.54 bits per heavy atom. The molecule has 0 spiro atoms. The third-order valence-corrected chi connectivity index (χ3v) is 6.57. The van der Waals surface area contributed by atoms with Crippen molar-refractivity contribution in [2.45, 2.75) is 28.7 Å². The molecule has 1 saturated heterocycles. The lowest BCUT2D eigenvalue weighted by Gasteiger charge is -2.40. The van der Waals surface area contributed by atoms with Gasteiger partial charge in [-0.2, -0.15) is 26.3 Å². The fourth-order valence-corrected chi connectivity index (χ4v) is 4.63. The Morgan fingerprint density at radius 1 is 1.08 bits per heavy atom. The van der Waals surface area contributed by atoms with E-state index in [4.69, 9.17) is 19.8 Å². The van der Waals surface area contributed by atoms with Crippen LogP contribution in [0, 0.1) is 0 Å². The number of aliphatic carboxylic acids is 3. The summed E-state index contributed by atoms with van der Waals surface area (Å²) < 4.78 is 65.0. The molecule has 3 heterocycles. The van der Waals surface area contributed by atoms with Crippen LogP contribution < -0.4 is 30.5 Å². The van der Waals surface area contributed by atoms with Gasteiger partial charge in [0.2, 0.25) is 5.37 Å². The Hall–Kier alpha value is -3.09. The Bertz CT molecular complexity index is 1070. The predicted octanol–water partition coefficient (Wildman–Crippen LogP) is -4.17. The summed E-state index contributed by atoms with van der Waals surface area (Å²) in [5.74, 6) is -6.91. The molecule has 1 unspecified atom stereocenters. The van der Waals surface area contributed by atoms with Crippen LogP contribution in [0.1, 0.15) is 0 Å². The van der Waals surface area contributed by atoms with Crippen LogP contribution in [-0.4, -0.2) is 53.3 Å². The van der Waals surface area contributed by atoms with Gasteiger partial charge in [0, 0.05) is 28.4 Å². The molecule has 1 amide bonds. The Morgan fingerprint density at radius 3 is 1.95 bits per heavy atom. The van der Waals surface area contributed by atoms with Gasteiger partial charge in [-0.15, -0.1) is 0 Å². The minimum Gasteiger partial charge on any atom is -0.542 e. The number of rotatable bonds is 4. The number of carbonyl (C=O) groups excluding carboxylic acids is 4. The second-order valence-corrected chi connectivity index (χ2v) is 9.10. The lowest BCUT2D eigenvalue weighted by molar-refractivity contribution is -0.849. The molecule has 18 heteroatoms. The van der Waals surface area contributed by atoms with E-state index in [2.05, 4.69) is 5.73 Å². The van der Waals surface area contributed by atoms with Crippen molar-refractivity contribution in [3.8, 4) is 0 Å². The minimum absolute atomic E-state index is 0.0648. The van der Waals surface area contributed by atoms with Gasteiger partial charge in [-0.05, 0) is 11.5 Å². The first kappa shape index (κ1) is 31.9. The number of nitrogens with zero attached hydrogens (tertiary/aromatic N) is 1. The van der Waals surface area contributed by atoms with E-state index in [1.54, 1.807) is 17.8 Å². The number of quaternary nitrogens is 2. The molecule has 2 aliphatic heterocycles. The zero-order chi connectivity index (χ0) is 28.7. The summed E-state index contributed by atoms with van der Waals surface area (Å²) in [5, 5.41) is 30.8. The van der Waals surface area contributed by atoms with Crippen LogP contribution >= 0.6 is 23.5 Å². The molecule has 0 aliphatic carbocycles. The summed E-state index contributed by atoms with van der Waals surface area (Å²) >= 11 is 3.07. The molecule has 0 aromatic carbocycles. The van der Waals surface area contributed by atoms with Crippen LogP contribution in [0.3, 0.4) is 0 Å². The minimum atomic E-state index is -5.19. The van der Waals surface area contributed by atoms with E-state index in [0.717, 1.165) is 4.90 Å². The van der Waals surface area contributed by atoms with Gasteiger partial charge in [0.1, 0.15) is 25.0 Å². The molecular weight excluding hydrogens is 560 g/mol. The number of alkyl halides is 6. The number of carboxylic acids is 3. The molecule has 204 valence electrons. The van der Waals surface area contributed by atoms with Gasteiger partial charge in [0.05, 0.1) is 0 Å². The molecular formula is C19H17F6N3O7S2. The first-order valence-electron chi connectivity index (χ1n) is 9.53. The summed E-state index contributed by atoms with van der Waals surface area (Å²) in [5.41, 5.74) is 4.49. The smallest absolute Gasteiger partial charge is 0.430 e. The zero-order valence-electron chi connectivity index (χ0n) is 18.4. The number of β-lactam (4-membered cyclic amide) rings is 1. The van der Waals surface area contributed by atoms with Crippen molar-refractivity contribution in [2.24, 2.45) is 7.05 Å². The molecule has 3 atom stereocenters. The average Bonchev–Trinajstić information content (AvgIpc) is 2.78. The summed E-state index contributed by atoms with van der Waals surface area (Å²) in [6, 6.07) is 3.62. The molecule has 3 rings (SSSR count). The lowest BCUT2D eigenvalue weighted by atomic mass is 10.0. The van der Waals surface area contributed by atoms with Crippen LogP contribution in [0.2, 0.25) is 0 Å². The highest BCUT2D eigenvalue weighted by atomic mass is 32.2. The third kappa shape index (κ3) is 9.38. The highest BCUT2D eigenvalue weighted by Crippen LogP contribution is 2.26. The fraction of sp³-hybridized carbons (Fsp3) is 0.316. The maximum atomic E-state index is 11.9. The summed E-state index contributed by atoms with van der Waals surface area (Å²) in [6.45, 7) is 0. The van der Waals surface area contributed by atoms with Crippen molar-refractivity contribution in [1.82, 2.24) is 0 Å². The van der Waals surface area contributed by atoms with Crippen LogP contribution in [-0.2, 0) is 26.2 Å². The lowest BCUT2D eigenvalue weighted by Crippen LogP contribution is -3.31. The highest BCUT2D eigenvalue weighted by molar-refractivity contribution is 8.02. The van der Waals surface area contributed by atoms with Crippen molar-refractivity contribution in [1.29, 1.82) is 0 Å². The van der Waals surface area contributed by atoms with E-state index in [1.165, 1.54) is 11.8 Å². The first-order chi connectivity index (χ1) is 16.9. The number of amides is 1. The van der Waals surface area contributed by atoms with Crippen molar-refractivity contribution in [2.75, 3.05) is 5.75 Å². The number of halogens is 6. The van der Waals surface area contributed by atoms with Crippen LogP contribution in [0.25, 0.3) is 0 Å². The second-order valence-electron chi connectivity index (χ2n) is 6.99. The summed E-state index contributed by atoms with van der Waals surface area (Å²) in [7, 11) is 1.94. The number of carboxylic acid groups (broad SMARTS) is 3. The zero-order valence-corrected chi connectivity index (χ0v) is 20.1. The van der Waals surface area contributed by atoms with E-state index < -0.39 is 30.3 Å². The first-order valence-corrected chi connectivity index (χ1v) is 11.5. The SMILES string of the molecule is C[n+]1ccc(S/C=C/C2=C(C(=O)[O-])[NH+]3C(=O)[C@@H]([NH3+])[C@H]3SC2)cc1.O=C([O-])C(F)(F)F.O=C([O-])C(F)(F)F. The number of hydrogen-bond acceptors (Lipinski definition) is 9. The van der Waals surface area contributed by atoms with Crippen LogP contribution in [0.15, 0.2) is 52.2 Å². The number of nitrogens with one attached hydrogen (secondary N) is 1. The average molecular weight is 577 g/mol. The monoisotopic (exact) mass is 577 g/mol. The molecule has 10 nitrogen and oxygen atoms in total. The number of fused-ring (bicyclic) bond motifs is 1. The number of pyridine rings is 1. The number of hydrogen-bond donors (Lipinski definition) is 2. The van der Waals surface area contributed by atoms with Gasteiger partial charge in [-0.3, -0.25) is 0 Å². The molecule has 37 heavy (non-hydrogen) atoms. The number of thioether (sulfide) groups is 2. The highest BCUT2D eigenvalue weighted by Gasteiger charge is 2.59. The molecule has 2 aliphatic rings. The molecule has 1 aromatic heterocycles. The third-order valence-electron chi connectivity index (χ3n) is 4.35. The number of carbonyl (C=O) groups is 4. The Balaban J connectivity index is 0.000000404. The van der Waals surface area contributed by atoms with Crippen molar-refractivity contribution in [3.63, 3.8) is 0 Å². The van der Waals surface area contributed by atoms with Crippen LogP contribution in [0.5, 0.6) is 0 Å². The quantitative estimate of drug-likeness (QED) is 0.156. The molecule has 0 bridgehead atoms. The van der Waals surface area contributed by atoms with Crippen molar-refractivity contribution in [3.05, 3.63) is 47.3 Å². The fourth-order valence-electron chi connectivity index (χ4n) is 2.61. The van der Waals surface area contributed by atoms with E-state index >= 15 is 0 Å². The standard InChI is InChI=1S/C15H15N3O3S2.2C2HF3O2/c1-17-5-2-10(3-6-17)22-7-4-9-8-23-14-11(16)13(19)18(14)12(9)15(20)21;2*3-2(4,5)1(6)7/h2-7,11,14H,8,16H2,1H3;2*(H,6,7)/b7-4+;;/t11-,14-;;/m1../s1. The number of aromatic nitrogens is 1. The molecule has 1 fully saturated rings. The summed E-state index contributed by atoms with van der Waals surface area (Å²) in [4.78, 5) is 42.4. The van der Waals surface area contributed by atoms with Gasteiger partial charge in [-0.1, -0.05) is 23.5 Å². The van der Waals surface area contributed by atoms with Gasteiger partial charge in [0.25, 0.3) is 6.04 Å². The molecule has 0 radical (unpaired) electrons. The van der Waals surface area contributed by atoms with Crippen LogP contribution in [0.4, 0.5) is 26.3 Å². The largest absolute Gasteiger partial charge is 0.542 e. The topological polar surface area (TPSA) is 173 Å². The van der Waals surface area contributed by atoms with E-state index in [9.17, 15) is 41.0 Å². The normalized spacial score (nSPS) is 21.1. The Labute approximate surface area is 212 Å². The van der Waals surface area contributed by atoms with Gasteiger partial charge in [0.15, 0.2) is 18.1 Å². The maximum Gasteiger partial charge on any atom is 0.430 e. The van der Waals surface area contributed by atoms with Crippen molar-refractivity contribution >= 4 is 47.3 Å². The molecule has 1 aromatic rings. The number of aryl methyl sites for hydroxylation is 1. The van der Waals surface area contributed by atoms with E-state index in [1.807, 2.05) is 41.5 Å². The van der Waals surface area contributed by atoms with Gasteiger partial charge in [-0.25, -0.2) is 14.3 Å². The number of allylic oxidation sites excluding steroid dienone is 1.